The molecule has 1 amide bonds. The first-order chi connectivity index (χ1) is 15.6. The SMILES string of the molecule is Cc1cc2nccc(Oc3ccc(NC(=O)c4[nH]ncc4OCC4CC4)nc3)c2cc1C. The van der Waals surface area contributed by atoms with Crippen LogP contribution >= 0.6 is 0 Å². The highest BCUT2D eigenvalue weighted by molar-refractivity contribution is 6.04. The third-order valence-electron chi connectivity index (χ3n) is 5.53. The Morgan fingerprint density at radius 1 is 1.09 bits per heavy atom. The van der Waals surface area contributed by atoms with Crippen LogP contribution in [0.25, 0.3) is 10.9 Å². The standard InChI is InChI=1S/C24H23N5O3/c1-14-9-18-19(10-15(14)2)25-8-7-20(18)32-17-5-6-22(26-11-17)28-24(30)23-21(12-27-29-23)31-13-16-3-4-16/h5-12,16H,3-4,13H2,1-2H3,(H,27,29)(H,26,28,30). The van der Waals surface area contributed by atoms with E-state index >= 15 is 0 Å². The number of fused-ring (bicyclic) bond motifs is 1. The van der Waals surface area contributed by atoms with Gasteiger partial charge >= 0.3 is 0 Å². The zero-order chi connectivity index (χ0) is 22.1. The summed E-state index contributed by atoms with van der Waals surface area (Å²) in [5, 5.41) is 10.3. The maximum absolute atomic E-state index is 12.6. The van der Waals surface area contributed by atoms with E-state index < -0.39 is 0 Å². The van der Waals surface area contributed by atoms with Crippen molar-refractivity contribution >= 4 is 22.6 Å². The topological polar surface area (TPSA) is 102 Å². The van der Waals surface area contributed by atoms with Gasteiger partial charge in [-0.2, -0.15) is 5.10 Å². The number of hydrogen-bond donors (Lipinski definition) is 2. The molecule has 0 radical (unpaired) electrons. The molecule has 2 N–H and O–H groups in total. The van der Waals surface area contributed by atoms with E-state index in [0.29, 0.717) is 35.6 Å². The number of H-pyrrole nitrogens is 1. The Morgan fingerprint density at radius 3 is 2.72 bits per heavy atom. The maximum atomic E-state index is 12.6. The van der Waals surface area contributed by atoms with Crippen LogP contribution in [-0.4, -0.2) is 32.7 Å². The van der Waals surface area contributed by atoms with Crippen LogP contribution in [0.1, 0.15) is 34.5 Å². The summed E-state index contributed by atoms with van der Waals surface area (Å²) >= 11 is 0. The average Bonchev–Trinajstić information content (AvgIpc) is 3.50. The quantitative estimate of drug-likeness (QED) is 0.437. The number of carbonyl (C=O) groups excluding carboxylic acids is 1. The van der Waals surface area contributed by atoms with Gasteiger partial charge in [0.2, 0.25) is 0 Å². The highest BCUT2D eigenvalue weighted by Crippen LogP contribution is 2.31. The van der Waals surface area contributed by atoms with Crippen LogP contribution in [0, 0.1) is 19.8 Å². The molecule has 8 nitrogen and oxygen atoms in total. The molecule has 0 saturated heterocycles. The number of rotatable bonds is 7. The van der Waals surface area contributed by atoms with Crippen molar-refractivity contribution in [2.24, 2.45) is 5.92 Å². The first kappa shape index (κ1) is 20.0. The Kier molecular flexibility index (Phi) is 5.18. The van der Waals surface area contributed by atoms with Gasteiger partial charge in [-0.1, -0.05) is 0 Å². The van der Waals surface area contributed by atoms with Gasteiger partial charge in [0, 0.05) is 11.6 Å². The second-order valence-electron chi connectivity index (χ2n) is 8.06. The van der Waals surface area contributed by atoms with Crippen molar-refractivity contribution in [3.8, 4) is 17.2 Å². The van der Waals surface area contributed by atoms with Gasteiger partial charge in [0.05, 0.1) is 24.5 Å². The summed E-state index contributed by atoms with van der Waals surface area (Å²) in [4.78, 5) is 21.3. The summed E-state index contributed by atoms with van der Waals surface area (Å²) in [5.74, 6) is 2.33. The number of benzene rings is 1. The van der Waals surface area contributed by atoms with Gasteiger partial charge in [-0.3, -0.25) is 14.9 Å². The molecule has 1 aliphatic rings. The molecule has 5 rings (SSSR count). The van der Waals surface area contributed by atoms with Gasteiger partial charge in [0.25, 0.3) is 5.91 Å². The molecular weight excluding hydrogens is 406 g/mol. The van der Waals surface area contributed by atoms with E-state index in [1.54, 1.807) is 24.5 Å². The number of nitrogens with zero attached hydrogens (tertiary/aromatic N) is 3. The van der Waals surface area contributed by atoms with Gasteiger partial charge in [-0.05, 0) is 74.1 Å². The Morgan fingerprint density at radius 2 is 1.94 bits per heavy atom. The summed E-state index contributed by atoms with van der Waals surface area (Å²) in [6.45, 7) is 4.73. The van der Waals surface area contributed by atoms with Crippen molar-refractivity contribution in [3.05, 3.63) is 65.7 Å². The average molecular weight is 429 g/mol. The van der Waals surface area contributed by atoms with Crippen molar-refractivity contribution in [1.82, 2.24) is 20.2 Å². The molecule has 0 atom stereocenters. The van der Waals surface area contributed by atoms with Crippen molar-refractivity contribution < 1.29 is 14.3 Å². The largest absolute Gasteiger partial charge is 0.489 e. The molecule has 0 unspecified atom stereocenters. The van der Waals surface area contributed by atoms with Crippen molar-refractivity contribution in [3.63, 3.8) is 0 Å². The number of aromatic amines is 1. The zero-order valence-electron chi connectivity index (χ0n) is 17.9. The zero-order valence-corrected chi connectivity index (χ0v) is 17.9. The van der Waals surface area contributed by atoms with Crippen molar-refractivity contribution in [2.75, 3.05) is 11.9 Å². The summed E-state index contributed by atoms with van der Waals surface area (Å²) in [6, 6.07) is 9.39. The molecule has 0 bridgehead atoms. The lowest BCUT2D eigenvalue weighted by atomic mass is 10.1. The number of anilines is 1. The van der Waals surface area contributed by atoms with E-state index in [2.05, 4.69) is 45.4 Å². The van der Waals surface area contributed by atoms with Crippen LogP contribution in [0.2, 0.25) is 0 Å². The molecular formula is C24H23N5O3. The van der Waals surface area contributed by atoms with E-state index in [0.717, 1.165) is 10.9 Å². The van der Waals surface area contributed by atoms with E-state index in [9.17, 15) is 4.79 Å². The Labute approximate surface area is 185 Å². The van der Waals surface area contributed by atoms with Crippen LogP contribution in [0.15, 0.2) is 48.9 Å². The van der Waals surface area contributed by atoms with Gasteiger partial charge in [0.1, 0.15) is 17.3 Å². The highest BCUT2D eigenvalue weighted by Gasteiger charge is 2.24. The Balaban J connectivity index is 1.28. The van der Waals surface area contributed by atoms with Gasteiger partial charge in [-0.15, -0.1) is 0 Å². The van der Waals surface area contributed by atoms with Gasteiger partial charge in [0.15, 0.2) is 11.4 Å². The number of nitrogens with one attached hydrogen (secondary N) is 2. The summed E-state index contributed by atoms with van der Waals surface area (Å²) < 4.78 is 11.7. The normalized spacial score (nSPS) is 13.2. The molecule has 1 fully saturated rings. The Hall–Kier alpha value is -3.94. The minimum absolute atomic E-state index is 0.279. The van der Waals surface area contributed by atoms with Gasteiger partial charge < -0.3 is 14.8 Å². The molecule has 1 saturated carbocycles. The van der Waals surface area contributed by atoms with Crippen LogP contribution in [0.4, 0.5) is 5.82 Å². The minimum atomic E-state index is -0.361. The summed E-state index contributed by atoms with van der Waals surface area (Å²) in [6.07, 6.45) is 7.16. The van der Waals surface area contributed by atoms with Gasteiger partial charge in [-0.25, -0.2) is 4.98 Å². The molecule has 0 spiro atoms. The molecule has 1 aliphatic carbocycles. The maximum Gasteiger partial charge on any atom is 0.278 e. The lowest BCUT2D eigenvalue weighted by Gasteiger charge is -2.11. The second kappa shape index (κ2) is 8.30. The minimum Gasteiger partial charge on any atom is -0.489 e. The van der Waals surface area contributed by atoms with E-state index in [1.165, 1.54) is 30.2 Å². The van der Waals surface area contributed by atoms with E-state index in [1.807, 2.05) is 12.1 Å². The van der Waals surface area contributed by atoms with Crippen LogP contribution in [-0.2, 0) is 0 Å². The predicted octanol–water partition coefficient (Wildman–Crippen LogP) is 4.80. The van der Waals surface area contributed by atoms with Crippen LogP contribution in [0.5, 0.6) is 17.2 Å². The number of pyridine rings is 2. The molecule has 8 heteroatoms. The lowest BCUT2D eigenvalue weighted by molar-refractivity contribution is 0.101. The molecule has 0 aliphatic heterocycles. The van der Waals surface area contributed by atoms with Crippen LogP contribution in [0.3, 0.4) is 0 Å². The number of carbonyl (C=O) groups is 1. The second-order valence-corrected chi connectivity index (χ2v) is 8.06. The molecule has 4 aromatic rings. The number of aryl methyl sites for hydroxylation is 2. The molecule has 162 valence electrons. The molecule has 32 heavy (non-hydrogen) atoms. The molecule has 3 heterocycles. The smallest absolute Gasteiger partial charge is 0.278 e. The third-order valence-corrected chi connectivity index (χ3v) is 5.53. The fourth-order valence-electron chi connectivity index (χ4n) is 3.33. The fraction of sp³-hybridized carbons (Fsp3) is 0.250. The van der Waals surface area contributed by atoms with Crippen molar-refractivity contribution in [1.29, 1.82) is 0 Å². The third kappa shape index (κ3) is 4.25. The number of aromatic nitrogens is 4. The summed E-state index contributed by atoms with van der Waals surface area (Å²) in [7, 11) is 0. The monoisotopic (exact) mass is 429 g/mol. The summed E-state index contributed by atoms with van der Waals surface area (Å²) in [5.41, 5.74) is 3.51. The molecule has 3 aromatic heterocycles. The first-order valence-corrected chi connectivity index (χ1v) is 10.5. The number of ether oxygens (including phenoxy) is 2. The highest BCUT2D eigenvalue weighted by atomic mass is 16.5. The Bertz CT molecular complexity index is 1280. The molecule has 1 aromatic carbocycles. The number of amides is 1. The van der Waals surface area contributed by atoms with E-state index in [-0.39, 0.29) is 11.6 Å². The number of hydrogen-bond acceptors (Lipinski definition) is 6. The first-order valence-electron chi connectivity index (χ1n) is 10.5. The fourth-order valence-corrected chi connectivity index (χ4v) is 3.33. The predicted molar refractivity (Wildman–Crippen MR) is 120 cm³/mol. The lowest BCUT2D eigenvalue weighted by Crippen LogP contribution is -2.15. The van der Waals surface area contributed by atoms with Crippen LogP contribution < -0.4 is 14.8 Å². The van der Waals surface area contributed by atoms with Crippen molar-refractivity contribution in [2.45, 2.75) is 26.7 Å². The van der Waals surface area contributed by atoms with E-state index in [4.69, 9.17) is 9.47 Å².